The summed E-state index contributed by atoms with van der Waals surface area (Å²) < 4.78 is 4.51. The molecule has 0 aromatic heterocycles. The number of methoxy groups -OCH3 is 1. The number of hydrogen-bond donors (Lipinski definition) is 0. The van der Waals surface area contributed by atoms with Crippen molar-refractivity contribution in [2.45, 2.75) is 0 Å². The lowest BCUT2D eigenvalue weighted by Gasteiger charge is -2.31. The number of hydrogen-bond acceptors (Lipinski definition) is 4. The Balaban J connectivity index is 2.61. The molecule has 0 spiro atoms. The summed E-state index contributed by atoms with van der Waals surface area (Å²) in [6.45, 7) is 10.4. The Morgan fingerprint density at radius 1 is 1.40 bits per heavy atom. The molecule has 1 saturated heterocycles. The minimum atomic E-state index is -0.566. The van der Waals surface area contributed by atoms with Crippen LogP contribution < -0.4 is 0 Å². The molecule has 1 rings (SSSR count). The molecule has 1 aliphatic heterocycles. The van der Waals surface area contributed by atoms with Crippen molar-refractivity contribution < 1.29 is 9.53 Å². The molecule has 1 fully saturated rings. The van der Waals surface area contributed by atoms with Gasteiger partial charge in [-0.25, -0.2) is 4.85 Å². The minimum absolute atomic E-state index is 0.0436. The van der Waals surface area contributed by atoms with Crippen LogP contribution in [0.2, 0.25) is 0 Å². The molecule has 1 heterocycles. The van der Waals surface area contributed by atoms with Gasteiger partial charge >= 0.3 is 5.97 Å². The van der Waals surface area contributed by atoms with Gasteiger partial charge in [0, 0.05) is 32.4 Å². The minimum Gasteiger partial charge on any atom is -0.474 e. The van der Waals surface area contributed by atoms with Gasteiger partial charge in [0.2, 0.25) is 0 Å². The zero-order chi connectivity index (χ0) is 11.3. The Labute approximate surface area is 89.7 Å². The highest BCUT2D eigenvalue weighted by atomic mass is 16.5. The van der Waals surface area contributed by atoms with Crippen molar-refractivity contribution in [2.75, 3.05) is 40.3 Å². The van der Waals surface area contributed by atoms with Crippen LogP contribution in [0.1, 0.15) is 0 Å². The molecule has 0 unspecified atom stereocenters. The molecule has 0 atom stereocenters. The molecule has 0 aliphatic carbocycles. The van der Waals surface area contributed by atoms with Gasteiger partial charge in [0.1, 0.15) is 0 Å². The van der Waals surface area contributed by atoms with E-state index in [1.54, 1.807) is 6.20 Å². The molecule has 15 heavy (non-hydrogen) atoms. The van der Waals surface area contributed by atoms with Crippen LogP contribution in [0.5, 0.6) is 0 Å². The lowest BCUT2D eigenvalue weighted by Crippen LogP contribution is -2.42. The SMILES string of the molecule is [C-]#[N+]/C(=C/N1CCN(C)CC1)C(=O)OC. The Hall–Kier alpha value is -1.54. The van der Waals surface area contributed by atoms with Crippen LogP contribution in [0.25, 0.3) is 4.85 Å². The van der Waals surface area contributed by atoms with E-state index >= 15 is 0 Å². The van der Waals surface area contributed by atoms with Crippen molar-refractivity contribution >= 4 is 5.97 Å². The number of esters is 1. The predicted octanol–water partition coefficient (Wildman–Crippen LogP) is 0.167. The quantitative estimate of drug-likeness (QED) is 0.369. The van der Waals surface area contributed by atoms with Gasteiger partial charge in [-0.3, -0.25) is 4.79 Å². The normalized spacial score (nSPS) is 18.5. The molecule has 0 aromatic carbocycles. The average molecular weight is 209 g/mol. The summed E-state index contributed by atoms with van der Waals surface area (Å²) in [4.78, 5) is 18.5. The van der Waals surface area contributed by atoms with Crippen LogP contribution in [-0.4, -0.2) is 56.1 Å². The zero-order valence-electron chi connectivity index (χ0n) is 9.06. The first-order chi connectivity index (χ1) is 7.17. The smallest absolute Gasteiger partial charge is 0.337 e. The Bertz CT molecular complexity index is 298. The van der Waals surface area contributed by atoms with Crippen LogP contribution >= 0.6 is 0 Å². The third kappa shape index (κ3) is 3.26. The molecule has 0 aromatic rings. The van der Waals surface area contributed by atoms with Crippen LogP contribution in [0, 0.1) is 6.57 Å². The van der Waals surface area contributed by atoms with Gasteiger partial charge < -0.3 is 14.5 Å². The van der Waals surface area contributed by atoms with Crippen molar-refractivity contribution in [3.8, 4) is 0 Å². The third-order valence-corrected chi connectivity index (χ3v) is 2.36. The first kappa shape index (κ1) is 11.5. The van der Waals surface area contributed by atoms with Gasteiger partial charge in [0.25, 0.3) is 5.70 Å². The molecule has 5 heteroatoms. The van der Waals surface area contributed by atoms with Gasteiger partial charge in [0.05, 0.1) is 13.7 Å². The van der Waals surface area contributed by atoms with Gasteiger partial charge in [-0.2, -0.15) is 0 Å². The zero-order valence-corrected chi connectivity index (χ0v) is 9.06. The van der Waals surface area contributed by atoms with Gasteiger partial charge in [-0.15, -0.1) is 0 Å². The van der Waals surface area contributed by atoms with Crippen LogP contribution in [0.3, 0.4) is 0 Å². The summed E-state index contributed by atoms with van der Waals surface area (Å²) in [5, 5.41) is 0. The highest BCUT2D eigenvalue weighted by Gasteiger charge is 2.15. The van der Waals surface area contributed by atoms with E-state index in [1.165, 1.54) is 7.11 Å². The van der Waals surface area contributed by atoms with Gasteiger partial charge in [0.15, 0.2) is 0 Å². The van der Waals surface area contributed by atoms with Crippen molar-refractivity contribution in [3.63, 3.8) is 0 Å². The molecule has 0 amide bonds. The monoisotopic (exact) mass is 209 g/mol. The second-order valence-electron chi connectivity index (χ2n) is 3.46. The van der Waals surface area contributed by atoms with Crippen molar-refractivity contribution in [1.29, 1.82) is 0 Å². The first-order valence-electron chi connectivity index (χ1n) is 4.77. The predicted molar refractivity (Wildman–Crippen MR) is 55.8 cm³/mol. The number of nitrogens with zero attached hydrogens (tertiary/aromatic N) is 3. The topological polar surface area (TPSA) is 37.1 Å². The molecule has 82 valence electrons. The fourth-order valence-electron chi connectivity index (χ4n) is 1.36. The van der Waals surface area contributed by atoms with E-state index in [0.29, 0.717) is 0 Å². The Morgan fingerprint density at radius 3 is 2.47 bits per heavy atom. The molecule has 0 radical (unpaired) electrons. The fourth-order valence-corrected chi connectivity index (χ4v) is 1.36. The Morgan fingerprint density at radius 2 is 2.00 bits per heavy atom. The number of carbonyl (C=O) groups excluding carboxylic acids is 1. The summed E-state index contributed by atoms with van der Waals surface area (Å²) in [6.07, 6.45) is 1.59. The number of likely N-dealkylation sites (N-methyl/N-ethyl adjacent to an activating group) is 1. The maximum atomic E-state index is 11.1. The van der Waals surface area contributed by atoms with Crippen molar-refractivity contribution in [1.82, 2.24) is 9.80 Å². The number of piperazine rings is 1. The molecule has 0 saturated carbocycles. The molecular formula is C10H15N3O2. The summed E-state index contributed by atoms with van der Waals surface area (Å²) in [6, 6.07) is 0. The number of rotatable bonds is 2. The van der Waals surface area contributed by atoms with E-state index in [4.69, 9.17) is 6.57 Å². The largest absolute Gasteiger partial charge is 0.474 e. The van der Waals surface area contributed by atoms with E-state index < -0.39 is 5.97 Å². The number of ether oxygens (including phenoxy) is 1. The molecule has 1 aliphatic rings. The maximum Gasteiger partial charge on any atom is 0.337 e. The van der Waals surface area contributed by atoms with Gasteiger partial charge in [-0.1, -0.05) is 0 Å². The van der Waals surface area contributed by atoms with Crippen molar-refractivity contribution in [3.05, 3.63) is 23.3 Å². The van der Waals surface area contributed by atoms with E-state index in [-0.39, 0.29) is 5.70 Å². The lowest BCUT2D eigenvalue weighted by atomic mass is 10.3. The summed E-state index contributed by atoms with van der Waals surface area (Å²) in [7, 11) is 3.34. The summed E-state index contributed by atoms with van der Waals surface area (Å²) in [5.74, 6) is -0.566. The van der Waals surface area contributed by atoms with E-state index in [2.05, 4.69) is 21.5 Å². The van der Waals surface area contributed by atoms with E-state index in [0.717, 1.165) is 26.2 Å². The molecular weight excluding hydrogens is 194 g/mol. The second-order valence-corrected chi connectivity index (χ2v) is 3.46. The average Bonchev–Trinajstić information content (AvgIpc) is 2.27. The maximum absolute atomic E-state index is 11.1. The highest BCUT2D eigenvalue weighted by Crippen LogP contribution is 2.05. The summed E-state index contributed by atoms with van der Waals surface area (Å²) in [5.41, 5.74) is 0.0436. The van der Waals surface area contributed by atoms with Crippen LogP contribution in [-0.2, 0) is 9.53 Å². The van der Waals surface area contributed by atoms with Gasteiger partial charge in [-0.05, 0) is 7.05 Å². The molecule has 5 nitrogen and oxygen atoms in total. The molecule has 0 bridgehead atoms. The third-order valence-electron chi connectivity index (χ3n) is 2.36. The number of carbonyl (C=O) groups is 1. The summed E-state index contributed by atoms with van der Waals surface area (Å²) >= 11 is 0. The van der Waals surface area contributed by atoms with Crippen LogP contribution in [0.4, 0.5) is 0 Å². The standard InChI is InChI=1S/C10H15N3O2/c1-11-9(10(14)15-3)8-13-6-4-12(2)5-7-13/h8H,4-7H2,2-3H3/b9-8+. The van der Waals surface area contributed by atoms with Crippen molar-refractivity contribution in [2.24, 2.45) is 0 Å². The Kier molecular flexibility index (Phi) is 4.13. The van der Waals surface area contributed by atoms with E-state index in [1.807, 2.05) is 4.90 Å². The fraction of sp³-hybridized carbons (Fsp3) is 0.600. The first-order valence-corrected chi connectivity index (χ1v) is 4.77. The van der Waals surface area contributed by atoms with E-state index in [9.17, 15) is 4.79 Å². The highest BCUT2D eigenvalue weighted by molar-refractivity contribution is 5.90. The lowest BCUT2D eigenvalue weighted by molar-refractivity contribution is -0.135. The molecule has 0 N–H and O–H groups in total. The van der Waals surface area contributed by atoms with Crippen LogP contribution in [0.15, 0.2) is 11.9 Å². The second kappa shape index (κ2) is 5.37.